The molecule has 0 spiro atoms. The summed E-state index contributed by atoms with van der Waals surface area (Å²) in [5.74, 6) is -0.0859. The van der Waals surface area contributed by atoms with Crippen LogP contribution in [0.4, 0.5) is 5.82 Å². The van der Waals surface area contributed by atoms with Gasteiger partial charge in [0.15, 0.2) is 0 Å². The average molecular weight is 249 g/mol. The molecule has 0 aliphatic rings. The van der Waals surface area contributed by atoms with Crippen LogP contribution in [0.2, 0.25) is 10.4 Å². The lowest BCUT2D eigenvalue weighted by Crippen LogP contribution is -2.35. The second-order valence-electron chi connectivity index (χ2n) is 2.85. The van der Waals surface area contributed by atoms with Crippen LogP contribution in [0.5, 0.6) is 0 Å². The number of hydrogen-bond donors (Lipinski definition) is 2. The fourth-order valence-corrected chi connectivity index (χ4v) is 1.27. The number of anilines is 1. The highest BCUT2D eigenvalue weighted by molar-refractivity contribution is 6.32. The number of halogens is 2. The van der Waals surface area contributed by atoms with Gasteiger partial charge in [0.1, 0.15) is 11.0 Å². The first-order chi connectivity index (χ1) is 7.02. The molecule has 3 N–H and O–H groups in total. The zero-order chi connectivity index (χ0) is 11.4. The van der Waals surface area contributed by atoms with E-state index in [1.54, 1.807) is 0 Å². The Bertz CT molecular complexity index is 351. The summed E-state index contributed by atoms with van der Waals surface area (Å²) >= 11 is 11.2. The molecule has 1 heterocycles. The average Bonchev–Trinajstić information content (AvgIpc) is 2.14. The summed E-state index contributed by atoms with van der Waals surface area (Å²) in [5, 5.41) is 2.63. The molecule has 1 aromatic heterocycles. The van der Waals surface area contributed by atoms with E-state index in [1.165, 1.54) is 6.07 Å². The van der Waals surface area contributed by atoms with Crippen LogP contribution in [0, 0.1) is 0 Å². The van der Waals surface area contributed by atoms with Crippen molar-refractivity contribution in [2.24, 2.45) is 5.73 Å². The number of rotatable bonds is 3. The number of nitrogens with two attached hydrogens (primary N) is 1. The molecule has 0 aliphatic heterocycles. The summed E-state index contributed by atoms with van der Waals surface area (Å²) in [5.41, 5.74) is 5.52. The van der Waals surface area contributed by atoms with Gasteiger partial charge in [-0.05, 0) is 18.0 Å². The van der Waals surface area contributed by atoms with E-state index in [0.29, 0.717) is 6.42 Å². The van der Waals surface area contributed by atoms with E-state index in [-0.39, 0.29) is 22.2 Å². The molecule has 0 saturated carbocycles. The molecule has 1 amide bonds. The second-order valence-corrected chi connectivity index (χ2v) is 3.57. The molecule has 0 fully saturated rings. The smallest absolute Gasteiger partial charge is 0.242 e. The van der Waals surface area contributed by atoms with Crippen LogP contribution in [-0.4, -0.2) is 21.9 Å². The molecule has 0 unspecified atom stereocenters. The Labute approximate surface area is 97.0 Å². The third-order valence-corrected chi connectivity index (χ3v) is 2.06. The summed E-state index contributed by atoms with van der Waals surface area (Å²) in [6.07, 6.45) is 0.540. The molecule has 1 rings (SSSR count). The SMILES string of the molecule is CC[C@H](N)C(=O)Nc1cc(Cl)nc(Cl)n1. The summed E-state index contributed by atoms with van der Waals surface area (Å²) in [4.78, 5) is 18.8. The number of hydrogen-bond acceptors (Lipinski definition) is 4. The Kier molecular flexibility index (Phi) is 4.26. The zero-order valence-electron chi connectivity index (χ0n) is 8.00. The lowest BCUT2D eigenvalue weighted by molar-refractivity contribution is -0.117. The third-order valence-electron chi connectivity index (χ3n) is 1.70. The molecule has 0 bridgehead atoms. The fourth-order valence-electron chi connectivity index (χ4n) is 0.858. The minimum atomic E-state index is -0.572. The fraction of sp³-hybridized carbons (Fsp3) is 0.375. The Morgan fingerprint density at radius 3 is 2.80 bits per heavy atom. The number of aromatic nitrogens is 2. The summed E-state index contributed by atoms with van der Waals surface area (Å²) in [6.45, 7) is 1.81. The van der Waals surface area contributed by atoms with Crippen molar-refractivity contribution in [1.29, 1.82) is 0 Å². The molecule has 0 aromatic carbocycles. The second kappa shape index (κ2) is 5.25. The predicted octanol–water partition coefficient (Wildman–Crippen LogP) is 1.46. The highest BCUT2D eigenvalue weighted by Gasteiger charge is 2.12. The number of amides is 1. The van der Waals surface area contributed by atoms with E-state index in [0.717, 1.165) is 0 Å². The Hall–Kier alpha value is -0.910. The van der Waals surface area contributed by atoms with Crippen molar-refractivity contribution in [1.82, 2.24) is 9.97 Å². The first kappa shape index (κ1) is 12.2. The first-order valence-corrected chi connectivity index (χ1v) is 5.05. The van der Waals surface area contributed by atoms with Gasteiger partial charge in [-0.2, -0.15) is 0 Å². The molecule has 82 valence electrons. The molecule has 0 radical (unpaired) electrons. The molecule has 1 aromatic rings. The van der Waals surface area contributed by atoms with Crippen molar-refractivity contribution < 1.29 is 4.79 Å². The van der Waals surface area contributed by atoms with Crippen LogP contribution in [-0.2, 0) is 4.79 Å². The summed E-state index contributed by atoms with van der Waals surface area (Å²) in [7, 11) is 0. The molecular formula is C8H10Cl2N4O. The topological polar surface area (TPSA) is 80.9 Å². The van der Waals surface area contributed by atoms with Gasteiger partial charge < -0.3 is 11.1 Å². The van der Waals surface area contributed by atoms with Crippen molar-refractivity contribution in [2.45, 2.75) is 19.4 Å². The number of nitrogens with one attached hydrogen (secondary N) is 1. The third kappa shape index (κ3) is 3.62. The molecule has 1 atom stereocenters. The maximum Gasteiger partial charge on any atom is 0.242 e. The predicted molar refractivity (Wildman–Crippen MR) is 58.9 cm³/mol. The highest BCUT2D eigenvalue weighted by atomic mass is 35.5. The molecule has 7 heteroatoms. The number of nitrogens with zero attached hydrogens (tertiary/aromatic N) is 2. The Balaban J connectivity index is 2.76. The monoisotopic (exact) mass is 248 g/mol. The molecule has 0 saturated heterocycles. The van der Waals surface area contributed by atoms with E-state index in [9.17, 15) is 4.79 Å². The van der Waals surface area contributed by atoms with E-state index in [2.05, 4.69) is 15.3 Å². The van der Waals surface area contributed by atoms with Crippen LogP contribution in [0.25, 0.3) is 0 Å². The highest BCUT2D eigenvalue weighted by Crippen LogP contribution is 2.14. The number of carbonyl (C=O) groups is 1. The lowest BCUT2D eigenvalue weighted by Gasteiger charge is -2.09. The van der Waals surface area contributed by atoms with Gasteiger partial charge in [0, 0.05) is 6.07 Å². The Morgan fingerprint density at radius 2 is 2.27 bits per heavy atom. The van der Waals surface area contributed by atoms with Crippen LogP contribution >= 0.6 is 23.2 Å². The van der Waals surface area contributed by atoms with Gasteiger partial charge in [0.25, 0.3) is 0 Å². The molecule has 5 nitrogen and oxygen atoms in total. The van der Waals surface area contributed by atoms with Crippen LogP contribution in [0.15, 0.2) is 6.07 Å². The van der Waals surface area contributed by atoms with Crippen molar-refractivity contribution in [3.05, 3.63) is 16.5 Å². The number of carbonyl (C=O) groups excluding carboxylic acids is 1. The van der Waals surface area contributed by atoms with Gasteiger partial charge in [0.2, 0.25) is 11.2 Å². The molecule has 0 aliphatic carbocycles. The van der Waals surface area contributed by atoms with Crippen molar-refractivity contribution in [2.75, 3.05) is 5.32 Å². The van der Waals surface area contributed by atoms with Crippen LogP contribution in [0.1, 0.15) is 13.3 Å². The van der Waals surface area contributed by atoms with Crippen molar-refractivity contribution in [3.8, 4) is 0 Å². The van der Waals surface area contributed by atoms with E-state index in [1.807, 2.05) is 6.92 Å². The standard InChI is InChI=1S/C8H10Cl2N4O/c1-2-4(11)7(15)13-6-3-5(9)12-8(10)14-6/h3-4H,2,11H2,1H3,(H,12,13,14,15)/t4-/m0/s1. The van der Waals surface area contributed by atoms with Gasteiger partial charge in [0.05, 0.1) is 6.04 Å². The van der Waals surface area contributed by atoms with Gasteiger partial charge in [-0.15, -0.1) is 0 Å². The van der Waals surface area contributed by atoms with Crippen molar-refractivity contribution >= 4 is 34.9 Å². The van der Waals surface area contributed by atoms with Gasteiger partial charge in [-0.3, -0.25) is 4.79 Å². The quantitative estimate of drug-likeness (QED) is 0.627. The summed E-state index contributed by atoms with van der Waals surface area (Å²) in [6, 6.07) is 0.825. The lowest BCUT2D eigenvalue weighted by atomic mass is 10.2. The molecule has 15 heavy (non-hydrogen) atoms. The van der Waals surface area contributed by atoms with E-state index < -0.39 is 6.04 Å². The maximum atomic E-state index is 11.4. The largest absolute Gasteiger partial charge is 0.320 e. The van der Waals surface area contributed by atoms with Crippen LogP contribution < -0.4 is 11.1 Å². The molecular weight excluding hydrogens is 239 g/mol. The zero-order valence-corrected chi connectivity index (χ0v) is 9.51. The van der Waals surface area contributed by atoms with Crippen molar-refractivity contribution in [3.63, 3.8) is 0 Å². The minimum Gasteiger partial charge on any atom is -0.320 e. The first-order valence-electron chi connectivity index (χ1n) is 4.29. The van der Waals surface area contributed by atoms with E-state index in [4.69, 9.17) is 28.9 Å². The normalized spacial score (nSPS) is 12.3. The van der Waals surface area contributed by atoms with Gasteiger partial charge >= 0.3 is 0 Å². The van der Waals surface area contributed by atoms with Gasteiger partial charge in [-0.1, -0.05) is 18.5 Å². The van der Waals surface area contributed by atoms with Gasteiger partial charge in [-0.25, -0.2) is 9.97 Å². The minimum absolute atomic E-state index is 0.0251. The Morgan fingerprint density at radius 1 is 1.60 bits per heavy atom. The van der Waals surface area contributed by atoms with E-state index >= 15 is 0 Å². The summed E-state index contributed by atoms with van der Waals surface area (Å²) < 4.78 is 0. The van der Waals surface area contributed by atoms with Crippen LogP contribution in [0.3, 0.4) is 0 Å². The maximum absolute atomic E-state index is 11.4.